The molecule has 1 aliphatic heterocycles. The number of benzene rings is 1. The van der Waals surface area contributed by atoms with Crippen LogP contribution in [-0.4, -0.2) is 36.6 Å². The molecule has 7 heteroatoms. The standard InChI is InChI=1S/C15H18ClF3N2O/c1-10-12(16)5-2-6-13(10)20-14(22)9-21-7-3-4-11(8-21)15(17,18)19/h2,5-6,11H,3-4,7-9H2,1H3,(H,20,22). The van der Waals surface area contributed by atoms with Crippen molar-refractivity contribution in [1.29, 1.82) is 0 Å². The molecule has 1 heterocycles. The lowest BCUT2D eigenvalue weighted by molar-refractivity contribution is -0.186. The summed E-state index contributed by atoms with van der Waals surface area (Å²) in [6.45, 7) is 2.12. The average Bonchev–Trinajstić information content (AvgIpc) is 2.43. The third kappa shape index (κ3) is 4.36. The third-order valence-electron chi connectivity index (χ3n) is 3.88. The molecule has 2 rings (SSSR count). The molecule has 0 aliphatic carbocycles. The molecule has 3 nitrogen and oxygen atoms in total. The van der Waals surface area contributed by atoms with Crippen molar-refractivity contribution in [3.05, 3.63) is 28.8 Å². The minimum Gasteiger partial charge on any atom is -0.325 e. The number of likely N-dealkylation sites (tertiary alicyclic amines) is 1. The highest BCUT2D eigenvalue weighted by atomic mass is 35.5. The molecule has 1 fully saturated rings. The van der Waals surface area contributed by atoms with Gasteiger partial charge in [0.15, 0.2) is 0 Å². The molecule has 122 valence electrons. The highest BCUT2D eigenvalue weighted by molar-refractivity contribution is 6.31. The van der Waals surface area contributed by atoms with Crippen molar-refractivity contribution in [1.82, 2.24) is 4.90 Å². The molecule has 1 amide bonds. The zero-order chi connectivity index (χ0) is 16.3. The van der Waals surface area contributed by atoms with E-state index in [4.69, 9.17) is 11.6 Å². The van der Waals surface area contributed by atoms with E-state index in [1.807, 2.05) is 0 Å². The largest absolute Gasteiger partial charge is 0.393 e. The minimum atomic E-state index is -4.20. The summed E-state index contributed by atoms with van der Waals surface area (Å²) in [6, 6.07) is 5.14. The topological polar surface area (TPSA) is 32.3 Å². The van der Waals surface area contributed by atoms with E-state index < -0.39 is 12.1 Å². The molecule has 1 aliphatic rings. The third-order valence-corrected chi connectivity index (χ3v) is 4.29. The number of rotatable bonds is 3. The average molecular weight is 335 g/mol. The minimum absolute atomic E-state index is 0.0431. The number of anilines is 1. The second-order valence-electron chi connectivity index (χ2n) is 5.58. The summed E-state index contributed by atoms with van der Waals surface area (Å²) in [5.41, 5.74) is 1.33. The maximum atomic E-state index is 12.8. The van der Waals surface area contributed by atoms with Crippen LogP contribution < -0.4 is 5.32 Å². The molecule has 22 heavy (non-hydrogen) atoms. The quantitative estimate of drug-likeness (QED) is 0.910. The number of carbonyl (C=O) groups excluding carboxylic acids is 1. The molecule has 0 bridgehead atoms. The number of carbonyl (C=O) groups is 1. The molecule has 1 N–H and O–H groups in total. The van der Waals surface area contributed by atoms with Crippen LogP contribution in [0.2, 0.25) is 5.02 Å². The Labute approximate surface area is 132 Å². The Kier molecular flexibility index (Phi) is 5.34. The molecule has 1 saturated heterocycles. The highest BCUT2D eigenvalue weighted by Crippen LogP contribution is 2.33. The summed E-state index contributed by atoms with van der Waals surface area (Å²) in [5.74, 6) is -1.67. The molecule has 1 aromatic carbocycles. The summed E-state index contributed by atoms with van der Waals surface area (Å²) in [7, 11) is 0. The predicted molar refractivity (Wildman–Crippen MR) is 80.0 cm³/mol. The number of alkyl halides is 3. The van der Waals surface area contributed by atoms with E-state index in [1.54, 1.807) is 30.0 Å². The molecular weight excluding hydrogens is 317 g/mol. The Morgan fingerprint density at radius 1 is 1.45 bits per heavy atom. The maximum absolute atomic E-state index is 12.8. The second-order valence-corrected chi connectivity index (χ2v) is 5.98. The van der Waals surface area contributed by atoms with Gasteiger partial charge in [0.1, 0.15) is 0 Å². The Hall–Kier alpha value is -1.27. The van der Waals surface area contributed by atoms with Gasteiger partial charge in [-0.1, -0.05) is 17.7 Å². The number of hydrogen-bond acceptors (Lipinski definition) is 2. The van der Waals surface area contributed by atoms with Crippen molar-refractivity contribution in [3.63, 3.8) is 0 Å². The van der Waals surface area contributed by atoms with E-state index in [-0.39, 0.29) is 25.4 Å². The highest BCUT2D eigenvalue weighted by Gasteiger charge is 2.41. The fourth-order valence-corrected chi connectivity index (χ4v) is 2.78. The Morgan fingerprint density at radius 3 is 2.86 bits per heavy atom. The summed E-state index contributed by atoms with van der Waals surface area (Å²) in [4.78, 5) is 13.6. The summed E-state index contributed by atoms with van der Waals surface area (Å²) < 4.78 is 38.3. The van der Waals surface area contributed by atoms with Gasteiger partial charge in [-0.2, -0.15) is 13.2 Å². The fourth-order valence-electron chi connectivity index (χ4n) is 2.60. The van der Waals surface area contributed by atoms with Crippen LogP contribution in [0.25, 0.3) is 0 Å². The summed E-state index contributed by atoms with van der Waals surface area (Å²) in [6.07, 6.45) is -3.61. The molecule has 0 radical (unpaired) electrons. The van der Waals surface area contributed by atoms with Crippen LogP contribution in [0.5, 0.6) is 0 Å². The van der Waals surface area contributed by atoms with Gasteiger partial charge in [0.2, 0.25) is 5.91 Å². The smallest absolute Gasteiger partial charge is 0.325 e. The lowest BCUT2D eigenvalue weighted by Crippen LogP contribution is -2.44. The Bertz CT molecular complexity index is 548. The van der Waals surface area contributed by atoms with E-state index >= 15 is 0 Å². The molecule has 0 aromatic heterocycles. The number of nitrogens with zero attached hydrogens (tertiary/aromatic N) is 1. The number of piperidine rings is 1. The lowest BCUT2D eigenvalue weighted by atomic mass is 9.97. The van der Waals surface area contributed by atoms with Gasteiger partial charge in [0, 0.05) is 17.3 Å². The van der Waals surface area contributed by atoms with Gasteiger partial charge in [-0.25, -0.2) is 0 Å². The van der Waals surface area contributed by atoms with Crippen LogP contribution in [0.15, 0.2) is 18.2 Å². The summed E-state index contributed by atoms with van der Waals surface area (Å²) >= 11 is 5.97. The van der Waals surface area contributed by atoms with Crippen molar-refractivity contribution < 1.29 is 18.0 Å². The van der Waals surface area contributed by atoms with E-state index in [2.05, 4.69) is 5.32 Å². The Balaban J connectivity index is 1.93. The van der Waals surface area contributed by atoms with Crippen molar-refractivity contribution in [2.24, 2.45) is 5.92 Å². The van der Waals surface area contributed by atoms with Gasteiger partial charge in [-0.3, -0.25) is 9.69 Å². The predicted octanol–water partition coefficient (Wildman–Crippen LogP) is 3.86. The van der Waals surface area contributed by atoms with E-state index in [0.717, 1.165) is 5.56 Å². The first kappa shape index (κ1) is 17.1. The first-order valence-electron chi connectivity index (χ1n) is 7.11. The first-order valence-corrected chi connectivity index (χ1v) is 7.49. The van der Waals surface area contributed by atoms with E-state index in [0.29, 0.717) is 23.7 Å². The van der Waals surface area contributed by atoms with Crippen LogP contribution in [0.3, 0.4) is 0 Å². The van der Waals surface area contributed by atoms with Crippen LogP contribution >= 0.6 is 11.6 Å². The van der Waals surface area contributed by atoms with Crippen LogP contribution in [0, 0.1) is 12.8 Å². The molecular formula is C15H18ClF3N2O. The van der Waals surface area contributed by atoms with Gasteiger partial charge in [0.25, 0.3) is 0 Å². The number of halogens is 4. The van der Waals surface area contributed by atoms with Gasteiger partial charge in [-0.05, 0) is 44.0 Å². The maximum Gasteiger partial charge on any atom is 0.393 e. The van der Waals surface area contributed by atoms with Gasteiger partial charge < -0.3 is 5.32 Å². The van der Waals surface area contributed by atoms with Crippen molar-refractivity contribution in [2.45, 2.75) is 25.9 Å². The molecule has 0 saturated carbocycles. The second kappa shape index (κ2) is 6.87. The lowest BCUT2D eigenvalue weighted by Gasteiger charge is -2.33. The monoisotopic (exact) mass is 334 g/mol. The molecule has 1 aromatic rings. The fraction of sp³-hybridized carbons (Fsp3) is 0.533. The number of amides is 1. The van der Waals surface area contributed by atoms with Gasteiger partial charge in [-0.15, -0.1) is 0 Å². The first-order chi connectivity index (χ1) is 10.3. The number of hydrogen-bond donors (Lipinski definition) is 1. The molecule has 0 spiro atoms. The zero-order valence-electron chi connectivity index (χ0n) is 12.2. The van der Waals surface area contributed by atoms with Crippen LogP contribution in [0.4, 0.5) is 18.9 Å². The van der Waals surface area contributed by atoms with Crippen molar-refractivity contribution in [2.75, 3.05) is 25.0 Å². The number of nitrogens with one attached hydrogen (secondary N) is 1. The molecule has 1 atom stereocenters. The van der Waals surface area contributed by atoms with Gasteiger partial charge >= 0.3 is 6.18 Å². The zero-order valence-corrected chi connectivity index (χ0v) is 13.0. The Morgan fingerprint density at radius 2 is 2.18 bits per heavy atom. The normalized spacial score (nSPS) is 20.0. The van der Waals surface area contributed by atoms with E-state index in [1.165, 1.54) is 0 Å². The SMILES string of the molecule is Cc1c(Cl)cccc1NC(=O)CN1CCCC(C(F)(F)F)C1. The van der Waals surface area contributed by atoms with Crippen molar-refractivity contribution in [3.8, 4) is 0 Å². The molecule has 1 unspecified atom stereocenters. The summed E-state index contributed by atoms with van der Waals surface area (Å²) in [5, 5.41) is 3.24. The van der Waals surface area contributed by atoms with Crippen molar-refractivity contribution >= 4 is 23.2 Å². The van der Waals surface area contributed by atoms with Gasteiger partial charge in [0.05, 0.1) is 12.5 Å². The van der Waals surface area contributed by atoms with E-state index in [9.17, 15) is 18.0 Å². The van der Waals surface area contributed by atoms with Crippen LogP contribution in [-0.2, 0) is 4.79 Å². The van der Waals surface area contributed by atoms with Crippen LogP contribution in [0.1, 0.15) is 18.4 Å².